The van der Waals surface area contributed by atoms with Gasteiger partial charge in [-0.25, -0.2) is 0 Å². The average Bonchev–Trinajstić information content (AvgIpc) is 2.74. The SMILES string of the molecule is CC(=O)O[C@@H]1[C@@H](Br)[C@@H]2C[C@H]1NC2(C(F)(F)F)C(F)(F)F. The van der Waals surface area contributed by atoms with Gasteiger partial charge < -0.3 is 4.74 Å². The van der Waals surface area contributed by atoms with Gasteiger partial charge in [-0.1, -0.05) is 15.9 Å². The van der Waals surface area contributed by atoms with Crippen LogP contribution in [0.4, 0.5) is 26.3 Å². The Morgan fingerprint density at radius 2 is 1.75 bits per heavy atom. The number of carbonyl (C=O) groups excluding carboxylic acids is 1. The maximum atomic E-state index is 13.0. The van der Waals surface area contributed by atoms with E-state index in [2.05, 4.69) is 15.9 Å². The Hall–Kier alpha value is -0.510. The van der Waals surface area contributed by atoms with Crippen molar-refractivity contribution in [1.82, 2.24) is 5.32 Å². The highest BCUT2D eigenvalue weighted by molar-refractivity contribution is 9.09. The molecule has 0 spiro atoms. The van der Waals surface area contributed by atoms with Gasteiger partial charge in [0.15, 0.2) is 0 Å². The maximum Gasteiger partial charge on any atom is 0.415 e. The quantitative estimate of drug-likeness (QED) is 0.438. The Morgan fingerprint density at radius 1 is 1.25 bits per heavy atom. The zero-order valence-corrected chi connectivity index (χ0v) is 11.6. The largest absolute Gasteiger partial charge is 0.460 e. The maximum absolute atomic E-state index is 13.0. The predicted molar refractivity (Wildman–Crippen MR) is 58.1 cm³/mol. The van der Waals surface area contributed by atoms with Crippen LogP contribution >= 0.6 is 15.9 Å². The summed E-state index contributed by atoms with van der Waals surface area (Å²) in [4.78, 5) is 9.65. The van der Waals surface area contributed by atoms with E-state index in [1.54, 1.807) is 5.32 Å². The lowest BCUT2D eigenvalue weighted by Gasteiger charge is -2.44. The summed E-state index contributed by atoms with van der Waals surface area (Å²) in [5, 5.41) is 1.61. The molecule has 0 radical (unpaired) electrons. The van der Waals surface area contributed by atoms with E-state index in [0.29, 0.717) is 0 Å². The van der Waals surface area contributed by atoms with Crippen molar-refractivity contribution in [3.8, 4) is 0 Å². The van der Waals surface area contributed by atoms with E-state index in [9.17, 15) is 31.1 Å². The molecule has 1 saturated carbocycles. The number of hydrogen-bond acceptors (Lipinski definition) is 3. The number of nitrogens with one attached hydrogen (secondary N) is 1. The van der Waals surface area contributed by atoms with Crippen LogP contribution in [-0.4, -0.2) is 40.8 Å². The minimum atomic E-state index is -5.49. The molecule has 4 atom stereocenters. The Morgan fingerprint density at radius 3 is 2.10 bits per heavy atom. The average molecular weight is 370 g/mol. The van der Waals surface area contributed by atoms with Crippen molar-refractivity contribution in [2.24, 2.45) is 5.92 Å². The molecular formula is C10H10BrF6NO2. The summed E-state index contributed by atoms with van der Waals surface area (Å²) < 4.78 is 82.9. The van der Waals surface area contributed by atoms with Gasteiger partial charge in [-0.2, -0.15) is 26.3 Å². The summed E-state index contributed by atoms with van der Waals surface area (Å²) in [6, 6.07) is -1.18. The third-order valence-corrected chi connectivity index (χ3v) is 4.93. The van der Waals surface area contributed by atoms with Gasteiger partial charge >= 0.3 is 18.3 Å². The highest BCUT2D eigenvalue weighted by Gasteiger charge is 2.81. The van der Waals surface area contributed by atoms with Gasteiger partial charge in [0.1, 0.15) is 6.10 Å². The molecule has 1 saturated heterocycles. The van der Waals surface area contributed by atoms with E-state index < -0.39 is 46.8 Å². The van der Waals surface area contributed by atoms with E-state index in [1.165, 1.54) is 0 Å². The molecule has 20 heavy (non-hydrogen) atoms. The minimum absolute atomic E-state index is 0.368. The second-order valence-corrected chi connectivity index (χ2v) is 5.97. The van der Waals surface area contributed by atoms with Crippen molar-refractivity contribution < 1.29 is 35.9 Å². The van der Waals surface area contributed by atoms with E-state index >= 15 is 0 Å². The Balaban J connectivity index is 2.37. The van der Waals surface area contributed by atoms with Crippen LogP contribution in [0.25, 0.3) is 0 Å². The highest BCUT2D eigenvalue weighted by Crippen LogP contribution is 2.59. The molecule has 1 aliphatic carbocycles. The summed E-state index contributed by atoms with van der Waals surface area (Å²) >= 11 is 2.83. The topological polar surface area (TPSA) is 38.3 Å². The number of esters is 1. The van der Waals surface area contributed by atoms with Gasteiger partial charge in [-0.05, 0) is 6.42 Å². The van der Waals surface area contributed by atoms with Crippen LogP contribution in [0.3, 0.4) is 0 Å². The zero-order valence-electron chi connectivity index (χ0n) is 9.98. The lowest BCUT2D eigenvalue weighted by atomic mass is 9.82. The summed E-state index contributed by atoms with van der Waals surface area (Å²) in [6.07, 6.45) is -12.4. The molecule has 0 aromatic heterocycles. The van der Waals surface area contributed by atoms with Crippen molar-refractivity contribution >= 4 is 21.9 Å². The van der Waals surface area contributed by atoms with Crippen molar-refractivity contribution in [3.05, 3.63) is 0 Å². The van der Waals surface area contributed by atoms with Crippen LogP contribution in [0.15, 0.2) is 0 Å². The van der Waals surface area contributed by atoms with Crippen LogP contribution in [-0.2, 0) is 9.53 Å². The van der Waals surface area contributed by atoms with E-state index in [4.69, 9.17) is 4.74 Å². The number of fused-ring (bicyclic) bond motifs is 2. The van der Waals surface area contributed by atoms with E-state index in [-0.39, 0.29) is 6.42 Å². The molecule has 1 N–H and O–H groups in total. The van der Waals surface area contributed by atoms with Crippen molar-refractivity contribution in [3.63, 3.8) is 0 Å². The molecule has 0 unspecified atom stereocenters. The molecule has 0 aromatic carbocycles. The van der Waals surface area contributed by atoms with Crippen LogP contribution in [0.1, 0.15) is 13.3 Å². The van der Waals surface area contributed by atoms with Crippen LogP contribution in [0, 0.1) is 5.92 Å². The molecule has 2 fully saturated rings. The van der Waals surface area contributed by atoms with Gasteiger partial charge in [0.2, 0.25) is 5.54 Å². The number of alkyl halides is 7. The molecule has 2 aliphatic rings. The zero-order chi connectivity index (χ0) is 15.5. The lowest BCUT2D eigenvalue weighted by molar-refractivity contribution is -0.320. The van der Waals surface area contributed by atoms with Gasteiger partial charge in [0, 0.05) is 18.9 Å². The van der Waals surface area contributed by atoms with E-state index in [0.717, 1.165) is 6.92 Å². The van der Waals surface area contributed by atoms with Gasteiger partial charge in [-0.3, -0.25) is 10.1 Å². The van der Waals surface area contributed by atoms with E-state index in [1.807, 2.05) is 0 Å². The Kier molecular flexibility index (Phi) is 3.56. The molecule has 10 heteroatoms. The second-order valence-electron chi connectivity index (χ2n) is 4.92. The Labute approximate surface area is 118 Å². The fourth-order valence-corrected chi connectivity index (χ4v) is 4.12. The number of carbonyl (C=O) groups is 1. The first kappa shape index (κ1) is 15.9. The standard InChI is InChI=1S/C10H10BrF6NO2/c1-3(19)20-7-5-2-4(6(7)11)8(18-5,9(12,13)14)10(15,16)17/h4-7,18H,2H2,1H3/t4-,5+,6-,7-/m0/s1. The predicted octanol–water partition coefficient (Wildman–Crippen LogP) is 2.54. The lowest BCUT2D eigenvalue weighted by Crippen LogP contribution is -2.73. The summed E-state index contributed by atoms with van der Waals surface area (Å²) in [6.45, 7) is 1.05. The van der Waals surface area contributed by atoms with Crippen LogP contribution < -0.4 is 5.32 Å². The fraction of sp³-hybridized carbons (Fsp3) is 0.900. The third kappa shape index (κ3) is 2.02. The molecule has 0 aromatic rings. The molecule has 2 rings (SSSR count). The monoisotopic (exact) mass is 369 g/mol. The van der Waals surface area contributed by atoms with Crippen LogP contribution in [0.2, 0.25) is 0 Å². The number of hydrogen-bond donors (Lipinski definition) is 1. The third-order valence-electron chi connectivity index (χ3n) is 3.77. The summed E-state index contributed by atoms with van der Waals surface area (Å²) in [7, 11) is 0. The van der Waals surface area contributed by atoms with Crippen molar-refractivity contribution in [2.75, 3.05) is 0 Å². The van der Waals surface area contributed by atoms with Crippen molar-refractivity contribution in [1.29, 1.82) is 0 Å². The van der Waals surface area contributed by atoms with Gasteiger partial charge in [0.25, 0.3) is 0 Å². The van der Waals surface area contributed by atoms with Gasteiger partial charge in [0.05, 0.1) is 4.83 Å². The first-order valence-electron chi connectivity index (χ1n) is 5.64. The number of piperidine rings is 1. The normalized spacial score (nSPS) is 36.2. The summed E-state index contributed by atoms with van der Waals surface area (Å²) in [5.41, 5.74) is -3.96. The number of rotatable bonds is 1. The Bertz CT molecular complexity index is 407. The molecule has 116 valence electrons. The highest BCUT2D eigenvalue weighted by atomic mass is 79.9. The molecule has 1 heterocycles. The molecule has 0 amide bonds. The minimum Gasteiger partial charge on any atom is -0.460 e. The molecule has 1 aliphatic heterocycles. The van der Waals surface area contributed by atoms with Crippen LogP contribution in [0.5, 0.6) is 0 Å². The molecule has 3 nitrogen and oxygen atoms in total. The molecule has 2 bridgehead atoms. The number of halogens is 7. The fourth-order valence-electron chi connectivity index (χ4n) is 3.03. The number of ether oxygens (including phenoxy) is 1. The van der Waals surface area contributed by atoms with Gasteiger partial charge in [-0.15, -0.1) is 0 Å². The summed E-state index contributed by atoms with van der Waals surface area (Å²) in [5.74, 6) is -2.53. The first-order valence-corrected chi connectivity index (χ1v) is 6.56. The second kappa shape index (κ2) is 4.49. The molecular weight excluding hydrogens is 360 g/mol. The van der Waals surface area contributed by atoms with Crippen molar-refractivity contribution in [2.45, 2.75) is 48.2 Å². The smallest absolute Gasteiger partial charge is 0.415 e. The first-order chi connectivity index (χ1) is 8.92.